The SMILES string of the molecule is O=C(O)c1cc([N+](=O)[O-])c(Cl)c(S(=O)(=O)NS(=O)(=O)c2cc(C(=O)O)cc([N+](=O)[O-])c2Cl)c1. The second-order valence-corrected chi connectivity index (χ2v) is 10.1. The molecule has 2 rings (SSSR count). The van der Waals surface area contributed by atoms with Crippen LogP contribution in [0, 0.1) is 20.2 Å². The van der Waals surface area contributed by atoms with Crippen LogP contribution in [0.2, 0.25) is 10.0 Å². The normalized spacial score (nSPS) is 11.7. The molecule has 0 spiro atoms. The number of nitro groups is 2. The Morgan fingerprint density at radius 1 is 0.758 bits per heavy atom. The zero-order chi connectivity index (χ0) is 25.5. The van der Waals surface area contributed by atoms with Crippen LogP contribution in [0.5, 0.6) is 0 Å². The molecule has 0 aromatic heterocycles. The minimum atomic E-state index is -5.41. The lowest BCUT2D eigenvalue weighted by atomic mass is 10.2. The van der Waals surface area contributed by atoms with Gasteiger partial charge in [0.15, 0.2) is 0 Å². The second-order valence-electron chi connectivity index (χ2n) is 5.83. The highest BCUT2D eigenvalue weighted by Crippen LogP contribution is 2.35. The zero-order valence-electron chi connectivity index (χ0n) is 15.3. The molecule has 0 unspecified atom stereocenters. The molecule has 3 N–H and O–H groups in total. The first-order valence-electron chi connectivity index (χ1n) is 7.70. The fraction of sp³-hybridized carbons (Fsp3) is 0. The fourth-order valence-corrected chi connectivity index (χ4v) is 6.39. The lowest BCUT2D eigenvalue weighted by molar-refractivity contribution is -0.385. The van der Waals surface area contributed by atoms with Gasteiger partial charge in [0, 0.05) is 12.1 Å². The molecule has 2 aromatic carbocycles. The van der Waals surface area contributed by atoms with E-state index in [9.17, 15) is 46.7 Å². The van der Waals surface area contributed by atoms with Gasteiger partial charge in [-0.05, 0) is 12.1 Å². The maximum absolute atomic E-state index is 12.7. The molecule has 0 heterocycles. The summed E-state index contributed by atoms with van der Waals surface area (Å²) in [7, 11) is -10.8. The molecule has 0 saturated heterocycles. The lowest BCUT2D eigenvalue weighted by Gasteiger charge is -2.12. The first kappa shape index (κ1) is 25.9. The maximum Gasteiger partial charge on any atom is 0.335 e. The topological polar surface area (TPSA) is 241 Å². The Morgan fingerprint density at radius 3 is 1.30 bits per heavy atom. The van der Waals surface area contributed by atoms with Crippen molar-refractivity contribution in [1.82, 2.24) is 4.13 Å². The molecule has 0 radical (unpaired) electrons. The predicted molar refractivity (Wildman–Crippen MR) is 108 cm³/mol. The standard InChI is InChI=1S/C14H7Cl2N3O12S2/c15-11-7(18(24)25)1-5(13(20)21)3-9(11)32(28,29)17-33(30,31)10-4-6(14(22)23)2-8(12(10)16)19(26)27/h1-4,17H,(H,20,21)(H,22,23). The van der Waals surface area contributed by atoms with Crippen molar-refractivity contribution in [3.05, 3.63) is 65.7 Å². The molecule has 176 valence electrons. The number of nitrogens with one attached hydrogen (secondary N) is 1. The van der Waals surface area contributed by atoms with Gasteiger partial charge in [0.25, 0.3) is 31.4 Å². The van der Waals surface area contributed by atoms with Crippen LogP contribution in [0.15, 0.2) is 34.1 Å². The smallest absolute Gasteiger partial charge is 0.335 e. The van der Waals surface area contributed by atoms with Crippen LogP contribution in [0.25, 0.3) is 0 Å². The highest BCUT2D eigenvalue weighted by atomic mass is 35.5. The van der Waals surface area contributed by atoms with Crippen LogP contribution >= 0.6 is 23.2 Å². The van der Waals surface area contributed by atoms with Crippen LogP contribution in [-0.4, -0.2) is 48.8 Å². The Balaban J connectivity index is 2.76. The van der Waals surface area contributed by atoms with Gasteiger partial charge in [-0.2, -0.15) is 0 Å². The van der Waals surface area contributed by atoms with E-state index in [1.807, 2.05) is 0 Å². The Bertz CT molecular complexity index is 1340. The molecular formula is C14H7Cl2N3O12S2. The van der Waals surface area contributed by atoms with Crippen molar-refractivity contribution < 1.29 is 46.5 Å². The molecule has 0 bridgehead atoms. The van der Waals surface area contributed by atoms with Crippen molar-refractivity contribution in [3.8, 4) is 0 Å². The molecule has 0 amide bonds. The number of hydrogen-bond donors (Lipinski definition) is 3. The van der Waals surface area contributed by atoms with Gasteiger partial charge >= 0.3 is 11.9 Å². The van der Waals surface area contributed by atoms with Crippen LogP contribution in [0.3, 0.4) is 0 Å². The number of sulfonamides is 2. The number of carboxylic acids is 2. The number of halogens is 2. The van der Waals surface area contributed by atoms with E-state index in [0.29, 0.717) is 24.3 Å². The van der Waals surface area contributed by atoms with E-state index in [-0.39, 0.29) is 0 Å². The number of nitro benzene ring substituents is 2. The summed E-state index contributed by atoms with van der Waals surface area (Å²) in [5.74, 6) is -3.64. The number of carboxylic acid groups (broad SMARTS) is 2. The van der Waals surface area contributed by atoms with E-state index < -0.39 is 84.2 Å². The monoisotopic (exact) mass is 543 g/mol. The third-order valence-corrected chi connectivity index (χ3v) is 8.30. The summed E-state index contributed by atoms with van der Waals surface area (Å²) in [5.41, 5.74) is -4.25. The van der Waals surface area contributed by atoms with Gasteiger partial charge < -0.3 is 10.2 Å². The van der Waals surface area contributed by atoms with E-state index in [1.54, 1.807) is 0 Å². The van der Waals surface area contributed by atoms with E-state index in [1.165, 1.54) is 0 Å². The Hall–Kier alpha value is -3.38. The molecule has 19 heteroatoms. The summed E-state index contributed by atoms with van der Waals surface area (Å²) in [5, 5.41) is 38.0. The summed E-state index contributed by atoms with van der Waals surface area (Å²) in [6, 6.07) is 1.50. The van der Waals surface area contributed by atoms with Gasteiger partial charge in [-0.25, -0.2) is 26.4 Å². The number of carbonyl (C=O) groups is 2. The van der Waals surface area contributed by atoms with Crippen LogP contribution in [-0.2, 0) is 20.0 Å². The molecule has 33 heavy (non-hydrogen) atoms. The third-order valence-electron chi connectivity index (χ3n) is 3.73. The first-order valence-corrected chi connectivity index (χ1v) is 11.4. The van der Waals surface area contributed by atoms with Gasteiger partial charge in [0.1, 0.15) is 19.8 Å². The van der Waals surface area contributed by atoms with Gasteiger partial charge in [-0.15, -0.1) is 4.13 Å². The van der Waals surface area contributed by atoms with Crippen molar-refractivity contribution in [2.24, 2.45) is 0 Å². The average molecular weight is 544 g/mol. The van der Waals surface area contributed by atoms with Crippen LogP contribution in [0.1, 0.15) is 20.7 Å². The number of hydrogen-bond acceptors (Lipinski definition) is 10. The minimum Gasteiger partial charge on any atom is -0.478 e. The zero-order valence-corrected chi connectivity index (χ0v) is 18.4. The largest absolute Gasteiger partial charge is 0.478 e. The van der Waals surface area contributed by atoms with Gasteiger partial charge in [0.05, 0.1) is 21.0 Å². The van der Waals surface area contributed by atoms with Crippen LogP contribution in [0.4, 0.5) is 11.4 Å². The summed E-state index contributed by atoms with van der Waals surface area (Å²) < 4.78 is 51.7. The number of aromatic carboxylic acids is 2. The van der Waals surface area contributed by atoms with E-state index in [4.69, 9.17) is 33.4 Å². The third kappa shape index (κ3) is 5.17. The molecule has 0 aliphatic rings. The Kier molecular flexibility index (Phi) is 6.95. The Morgan fingerprint density at radius 2 is 1.06 bits per heavy atom. The minimum absolute atomic E-state index is 0.327. The molecule has 0 saturated carbocycles. The number of benzene rings is 2. The van der Waals surface area contributed by atoms with Gasteiger partial charge in [-0.3, -0.25) is 20.2 Å². The predicted octanol–water partition coefficient (Wildman–Crippen LogP) is 1.87. The molecule has 0 aliphatic carbocycles. The summed E-state index contributed by atoms with van der Waals surface area (Å²) >= 11 is 11.3. The van der Waals surface area contributed by atoms with Crippen molar-refractivity contribution in [1.29, 1.82) is 0 Å². The summed E-state index contributed by atoms with van der Waals surface area (Å²) in [4.78, 5) is 39.4. The van der Waals surface area contributed by atoms with Crippen LogP contribution < -0.4 is 4.13 Å². The molecule has 0 aliphatic heterocycles. The highest BCUT2D eigenvalue weighted by Gasteiger charge is 2.35. The number of rotatable bonds is 8. The fourth-order valence-electron chi connectivity index (χ4n) is 2.30. The molecule has 0 fully saturated rings. The van der Waals surface area contributed by atoms with Crippen molar-refractivity contribution in [2.75, 3.05) is 0 Å². The molecule has 15 nitrogen and oxygen atoms in total. The summed E-state index contributed by atoms with van der Waals surface area (Å²) in [6.07, 6.45) is 0. The van der Waals surface area contributed by atoms with Crippen molar-refractivity contribution in [2.45, 2.75) is 9.79 Å². The van der Waals surface area contributed by atoms with E-state index >= 15 is 0 Å². The van der Waals surface area contributed by atoms with Crippen molar-refractivity contribution >= 4 is 66.6 Å². The lowest BCUT2D eigenvalue weighted by Crippen LogP contribution is -2.31. The van der Waals surface area contributed by atoms with Gasteiger partial charge in [-0.1, -0.05) is 23.2 Å². The highest BCUT2D eigenvalue weighted by molar-refractivity contribution is 8.04. The number of nitrogens with zero attached hydrogens (tertiary/aromatic N) is 2. The van der Waals surface area contributed by atoms with Gasteiger partial charge in [0.2, 0.25) is 0 Å². The quantitative estimate of drug-likeness (QED) is 0.319. The second kappa shape index (κ2) is 8.87. The van der Waals surface area contributed by atoms with Crippen molar-refractivity contribution in [3.63, 3.8) is 0 Å². The first-order chi connectivity index (χ1) is 15.0. The average Bonchev–Trinajstić information content (AvgIpc) is 2.66. The molecule has 2 aromatic rings. The van der Waals surface area contributed by atoms with E-state index in [0.717, 1.165) is 4.13 Å². The summed E-state index contributed by atoms with van der Waals surface area (Å²) in [6.45, 7) is 0. The maximum atomic E-state index is 12.7. The molecular weight excluding hydrogens is 537 g/mol. The Labute approximate surface area is 192 Å². The molecule has 0 atom stereocenters. The van der Waals surface area contributed by atoms with E-state index in [2.05, 4.69) is 0 Å².